The summed E-state index contributed by atoms with van der Waals surface area (Å²) in [6.07, 6.45) is 11.3. The fourth-order valence-electron chi connectivity index (χ4n) is 6.90. The normalized spacial score (nSPS) is 45.1. The van der Waals surface area contributed by atoms with E-state index in [2.05, 4.69) is 26.0 Å². The van der Waals surface area contributed by atoms with Crippen molar-refractivity contribution in [3.05, 3.63) is 35.5 Å². The first-order valence-corrected chi connectivity index (χ1v) is 10.2. The molecule has 0 bridgehead atoms. The number of carbonyl (C=O) groups excluding carboxylic acids is 3. The van der Waals surface area contributed by atoms with Gasteiger partial charge in [0.15, 0.2) is 18.2 Å². The van der Waals surface area contributed by atoms with Crippen LogP contribution in [0.3, 0.4) is 0 Å². The largest absolute Gasteiger partial charge is 0.457 e. The van der Waals surface area contributed by atoms with Crippen LogP contribution in [0.2, 0.25) is 0 Å². The Hall–Kier alpha value is -2.01. The summed E-state index contributed by atoms with van der Waals surface area (Å²) in [6, 6.07) is 0. The van der Waals surface area contributed by atoms with E-state index in [4.69, 9.17) is 9.47 Å². The van der Waals surface area contributed by atoms with Gasteiger partial charge in [0.2, 0.25) is 0 Å². The van der Waals surface area contributed by atoms with Gasteiger partial charge in [-0.25, -0.2) is 0 Å². The van der Waals surface area contributed by atoms with Crippen molar-refractivity contribution in [2.45, 2.75) is 58.2 Å². The Morgan fingerprint density at radius 3 is 2.82 bits per heavy atom. The molecule has 0 N–H and O–H groups in total. The third-order valence-corrected chi connectivity index (χ3v) is 8.22. The van der Waals surface area contributed by atoms with Gasteiger partial charge in [0, 0.05) is 23.3 Å². The van der Waals surface area contributed by atoms with Crippen molar-refractivity contribution in [2.24, 2.45) is 22.7 Å². The van der Waals surface area contributed by atoms with Crippen molar-refractivity contribution in [3.8, 4) is 0 Å². The van der Waals surface area contributed by atoms with Gasteiger partial charge in [-0.05, 0) is 56.6 Å². The molecule has 0 aromatic heterocycles. The molecule has 6 atom stereocenters. The average molecular weight is 382 g/mol. The number of ketones is 2. The van der Waals surface area contributed by atoms with Crippen LogP contribution >= 0.6 is 0 Å². The van der Waals surface area contributed by atoms with E-state index in [0.29, 0.717) is 11.8 Å². The summed E-state index contributed by atoms with van der Waals surface area (Å²) in [7, 11) is 0. The van der Waals surface area contributed by atoms with E-state index >= 15 is 0 Å². The summed E-state index contributed by atoms with van der Waals surface area (Å²) in [5, 5.41) is 0. The van der Waals surface area contributed by atoms with Gasteiger partial charge in [-0.3, -0.25) is 14.4 Å². The number of esters is 1. The lowest BCUT2D eigenvalue weighted by Gasteiger charge is -2.54. The summed E-state index contributed by atoms with van der Waals surface area (Å²) in [4.78, 5) is 35.8. The summed E-state index contributed by atoms with van der Waals surface area (Å²) in [5.41, 5.74) is 1.28. The van der Waals surface area contributed by atoms with Crippen molar-refractivity contribution >= 4 is 17.5 Å². The maximum atomic E-state index is 12.8. The molecule has 1 saturated heterocycles. The van der Waals surface area contributed by atoms with Crippen LogP contribution in [-0.4, -0.2) is 35.8 Å². The fourth-order valence-corrected chi connectivity index (χ4v) is 6.90. The molecule has 2 saturated carbocycles. The maximum Gasteiger partial charge on any atom is 0.303 e. The lowest BCUT2D eigenvalue weighted by molar-refractivity contribution is -0.145. The van der Waals surface area contributed by atoms with Crippen molar-refractivity contribution in [3.63, 3.8) is 0 Å². The SMILES string of the molecule is CC(=O)OCC(=O)C1=CCC2C3CCC4=CC(=O)C=CC4(C)C34OC4CC12C. The van der Waals surface area contributed by atoms with Crippen molar-refractivity contribution in [1.82, 2.24) is 0 Å². The third kappa shape index (κ3) is 2.08. The zero-order valence-corrected chi connectivity index (χ0v) is 16.6. The fraction of sp³-hybridized carbons (Fsp3) is 0.609. The molecule has 1 aliphatic heterocycles. The number of hydrogen-bond donors (Lipinski definition) is 0. The number of rotatable bonds is 3. The Labute approximate surface area is 164 Å². The van der Waals surface area contributed by atoms with Crippen molar-refractivity contribution in [2.75, 3.05) is 6.61 Å². The number of hydrogen-bond acceptors (Lipinski definition) is 5. The van der Waals surface area contributed by atoms with Gasteiger partial charge in [0.05, 0.1) is 6.10 Å². The van der Waals surface area contributed by atoms with Gasteiger partial charge in [-0.15, -0.1) is 0 Å². The second kappa shape index (κ2) is 5.53. The molecule has 4 aliphatic carbocycles. The molecule has 5 rings (SSSR count). The van der Waals surface area contributed by atoms with Gasteiger partial charge in [-0.2, -0.15) is 0 Å². The second-order valence-corrected chi connectivity index (χ2v) is 9.44. The highest BCUT2D eigenvalue weighted by Crippen LogP contribution is 2.74. The first kappa shape index (κ1) is 18.0. The highest BCUT2D eigenvalue weighted by molar-refractivity contribution is 6.01. The number of ether oxygens (including phenoxy) is 2. The number of allylic oxidation sites excluding steroid dienone is 3. The van der Waals surface area contributed by atoms with Crippen LogP contribution in [-0.2, 0) is 23.9 Å². The summed E-state index contributed by atoms with van der Waals surface area (Å²) < 4.78 is 11.4. The second-order valence-electron chi connectivity index (χ2n) is 9.44. The highest BCUT2D eigenvalue weighted by Gasteiger charge is 2.78. The smallest absolute Gasteiger partial charge is 0.303 e. The van der Waals surface area contributed by atoms with Crippen molar-refractivity contribution < 1.29 is 23.9 Å². The van der Waals surface area contributed by atoms with E-state index in [0.717, 1.165) is 31.3 Å². The quantitative estimate of drug-likeness (QED) is 0.554. The lowest BCUT2D eigenvalue weighted by atomic mass is 9.47. The Kier molecular flexibility index (Phi) is 3.57. The molecule has 5 nitrogen and oxygen atoms in total. The molecule has 3 fully saturated rings. The minimum atomic E-state index is -0.431. The summed E-state index contributed by atoms with van der Waals surface area (Å²) in [5.74, 6) is 0.249. The van der Waals surface area contributed by atoms with Crippen LogP contribution in [0.4, 0.5) is 0 Å². The van der Waals surface area contributed by atoms with Gasteiger partial charge in [0.1, 0.15) is 5.60 Å². The van der Waals surface area contributed by atoms with Crippen LogP contribution in [0.15, 0.2) is 35.5 Å². The molecule has 0 aromatic rings. The van der Waals surface area contributed by atoms with Gasteiger partial charge < -0.3 is 9.47 Å². The van der Waals surface area contributed by atoms with E-state index in [1.165, 1.54) is 12.5 Å². The standard InChI is InChI=1S/C23H26O5/c1-13(24)27-12-19(26)18-7-6-16-17-5-4-14-10-15(25)8-9-22(14,3)23(17)20(28-23)11-21(16,18)2/h7-10,16-17,20H,4-6,11-12H2,1-3H3. The average Bonchev–Trinajstić information content (AvgIpc) is 3.25. The topological polar surface area (TPSA) is 73.0 Å². The predicted octanol–water partition coefficient (Wildman–Crippen LogP) is 3.09. The number of fused-ring (bicyclic) bond motifs is 3. The zero-order valence-electron chi connectivity index (χ0n) is 16.6. The van der Waals surface area contributed by atoms with E-state index < -0.39 is 5.97 Å². The molecule has 0 aromatic carbocycles. The van der Waals surface area contributed by atoms with Crippen molar-refractivity contribution in [1.29, 1.82) is 0 Å². The number of carbonyl (C=O) groups is 3. The minimum absolute atomic E-state index is 0.0704. The van der Waals surface area contributed by atoms with E-state index in [9.17, 15) is 14.4 Å². The molecule has 6 unspecified atom stereocenters. The van der Waals surface area contributed by atoms with Gasteiger partial charge >= 0.3 is 5.97 Å². The van der Waals surface area contributed by atoms with E-state index in [1.54, 1.807) is 12.2 Å². The molecule has 5 aliphatic rings. The summed E-state index contributed by atoms with van der Waals surface area (Å²) >= 11 is 0. The van der Waals surface area contributed by atoms with Gasteiger partial charge in [-0.1, -0.05) is 24.6 Å². The molecule has 5 heteroatoms. The van der Waals surface area contributed by atoms with Crippen LogP contribution in [0.5, 0.6) is 0 Å². The highest BCUT2D eigenvalue weighted by atomic mass is 16.6. The molecule has 148 valence electrons. The molecular formula is C23H26O5. The van der Waals surface area contributed by atoms with Crippen LogP contribution < -0.4 is 0 Å². The Bertz CT molecular complexity index is 895. The minimum Gasteiger partial charge on any atom is -0.457 e. The van der Waals surface area contributed by atoms with Gasteiger partial charge in [0.25, 0.3) is 0 Å². The zero-order chi connectivity index (χ0) is 19.9. The van der Waals surface area contributed by atoms with Crippen LogP contribution in [0.25, 0.3) is 0 Å². The van der Waals surface area contributed by atoms with E-state index in [1.807, 2.05) is 0 Å². The van der Waals surface area contributed by atoms with E-state index in [-0.39, 0.29) is 40.7 Å². The van der Waals surface area contributed by atoms with Crippen LogP contribution in [0, 0.1) is 22.7 Å². The molecule has 1 heterocycles. The molecule has 1 spiro atoms. The monoisotopic (exact) mass is 382 g/mol. The maximum absolute atomic E-state index is 12.8. The Morgan fingerprint density at radius 2 is 2.07 bits per heavy atom. The lowest BCUT2D eigenvalue weighted by Crippen LogP contribution is -2.56. The van der Waals surface area contributed by atoms with Crippen LogP contribution in [0.1, 0.15) is 46.5 Å². The Morgan fingerprint density at radius 1 is 1.29 bits per heavy atom. The number of Topliss-reactive ketones (excluding diaryl/α,β-unsaturated/α-hetero) is 1. The molecular weight excluding hydrogens is 356 g/mol. The summed E-state index contributed by atoms with van der Waals surface area (Å²) in [6.45, 7) is 5.54. The first-order chi connectivity index (χ1) is 13.2. The third-order valence-electron chi connectivity index (χ3n) is 8.22. The Balaban J connectivity index is 1.46. The molecule has 0 radical (unpaired) electrons. The first-order valence-electron chi connectivity index (χ1n) is 10.2. The molecule has 28 heavy (non-hydrogen) atoms. The number of epoxide rings is 1. The molecule has 0 amide bonds. The predicted molar refractivity (Wildman–Crippen MR) is 101 cm³/mol.